The SMILES string of the molecule is CCc1ccc(C(C)NCc2c(C)cc(C)cc2C)cc1. The van der Waals surface area contributed by atoms with Crippen LogP contribution in [0.4, 0.5) is 0 Å². The number of hydrogen-bond donors (Lipinski definition) is 1. The zero-order valence-corrected chi connectivity index (χ0v) is 14.0. The van der Waals surface area contributed by atoms with Crippen molar-refractivity contribution in [3.8, 4) is 0 Å². The summed E-state index contributed by atoms with van der Waals surface area (Å²) in [6.07, 6.45) is 1.10. The fourth-order valence-electron chi connectivity index (χ4n) is 2.90. The van der Waals surface area contributed by atoms with E-state index in [1.807, 2.05) is 0 Å². The molecule has 0 saturated carbocycles. The lowest BCUT2D eigenvalue weighted by atomic mass is 9.99. The van der Waals surface area contributed by atoms with E-state index in [1.165, 1.54) is 33.4 Å². The molecule has 1 unspecified atom stereocenters. The van der Waals surface area contributed by atoms with Crippen LogP contribution in [0.3, 0.4) is 0 Å². The average Bonchev–Trinajstić information content (AvgIpc) is 2.46. The second-order valence-corrected chi connectivity index (χ2v) is 6.07. The third kappa shape index (κ3) is 3.95. The molecule has 0 aliphatic carbocycles. The van der Waals surface area contributed by atoms with Crippen molar-refractivity contribution in [2.24, 2.45) is 0 Å². The Hall–Kier alpha value is -1.60. The maximum atomic E-state index is 3.65. The number of hydrogen-bond acceptors (Lipinski definition) is 1. The van der Waals surface area contributed by atoms with Crippen molar-refractivity contribution in [1.82, 2.24) is 5.32 Å². The molecule has 0 radical (unpaired) electrons. The highest BCUT2D eigenvalue weighted by atomic mass is 14.9. The Bertz CT molecular complexity index is 573. The largest absolute Gasteiger partial charge is 0.306 e. The molecular formula is C20H27N. The van der Waals surface area contributed by atoms with Crippen LogP contribution in [-0.4, -0.2) is 0 Å². The quantitative estimate of drug-likeness (QED) is 0.811. The van der Waals surface area contributed by atoms with Gasteiger partial charge in [-0.25, -0.2) is 0 Å². The second kappa shape index (κ2) is 6.91. The van der Waals surface area contributed by atoms with E-state index in [4.69, 9.17) is 0 Å². The first-order valence-electron chi connectivity index (χ1n) is 7.90. The Labute approximate surface area is 129 Å². The minimum Gasteiger partial charge on any atom is -0.306 e. The zero-order chi connectivity index (χ0) is 15.4. The molecule has 0 spiro atoms. The van der Waals surface area contributed by atoms with E-state index >= 15 is 0 Å². The summed E-state index contributed by atoms with van der Waals surface area (Å²) >= 11 is 0. The number of benzene rings is 2. The Morgan fingerprint density at radius 1 is 0.952 bits per heavy atom. The van der Waals surface area contributed by atoms with Crippen LogP contribution in [0.25, 0.3) is 0 Å². The summed E-state index contributed by atoms with van der Waals surface area (Å²) in [5.74, 6) is 0. The Morgan fingerprint density at radius 3 is 2.05 bits per heavy atom. The lowest BCUT2D eigenvalue weighted by Crippen LogP contribution is -2.19. The summed E-state index contributed by atoms with van der Waals surface area (Å²) in [5, 5.41) is 3.65. The maximum absolute atomic E-state index is 3.65. The van der Waals surface area contributed by atoms with Crippen molar-refractivity contribution in [2.45, 2.75) is 53.6 Å². The minimum atomic E-state index is 0.371. The van der Waals surface area contributed by atoms with Crippen LogP contribution in [0.2, 0.25) is 0 Å². The number of rotatable bonds is 5. The maximum Gasteiger partial charge on any atom is 0.0294 e. The molecular weight excluding hydrogens is 254 g/mol. The number of nitrogens with one attached hydrogen (secondary N) is 1. The predicted octanol–water partition coefficient (Wildman–Crippen LogP) is 5.03. The molecule has 2 aromatic rings. The van der Waals surface area contributed by atoms with Crippen LogP contribution in [-0.2, 0) is 13.0 Å². The predicted molar refractivity (Wildman–Crippen MR) is 91.7 cm³/mol. The molecule has 0 aliphatic rings. The molecule has 0 fully saturated rings. The lowest BCUT2D eigenvalue weighted by molar-refractivity contribution is 0.572. The van der Waals surface area contributed by atoms with Gasteiger partial charge in [-0.1, -0.05) is 48.9 Å². The summed E-state index contributed by atoms with van der Waals surface area (Å²) in [6.45, 7) is 11.9. The van der Waals surface area contributed by atoms with Crippen molar-refractivity contribution in [3.63, 3.8) is 0 Å². The van der Waals surface area contributed by atoms with Gasteiger partial charge in [0.1, 0.15) is 0 Å². The smallest absolute Gasteiger partial charge is 0.0294 e. The molecule has 0 saturated heterocycles. The molecule has 2 rings (SSSR count). The molecule has 0 bridgehead atoms. The average molecular weight is 281 g/mol. The van der Waals surface area contributed by atoms with Gasteiger partial charge in [0.15, 0.2) is 0 Å². The van der Waals surface area contributed by atoms with Crippen LogP contribution in [0.15, 0.2) is 36.4 Å². The summed E-state index contributed by atoms with van der Waals surface area (Å²) in [5.41, 5.74) is 8.29. The highest BCUT2D eigenvalue weighted by molar-refractivity contribution is 5.37. The van der Waals surface area contributed by atoms with Gasteiger partial charge in [-0.15, -0.1) is 0 Å². The summed E-state index contributed by atoms with van der Waals surface area (Å²) in [4.78, 5) is 0. The third-order valence-electron chi connectivity index (χ3n) is 4.31. The third-order valence-corrected chi connectivity index (χ3v) is 4.31. The van der Waals surface area contributed by atoms with Crippen LogP contribution < -0.4 is 5.32 Å². The molecule has 1 atom stereocenters. The molecule has 0 amide bonds. The Kier molecular flexibility index (Phi) is 5.19. The zero-order valence-electron chi connectivity index (χ0n) is 14.0. The van der Waals surface area contributed by atoms with Gasteiger partial charge >= 0.3 is 0 Å². The van der Waals surface area contributed by atoms with E-state index in [-0.39, 0.29) is 0 Å². The van der Waals surface area contributed by atoms with Crippen molar-refractivity contribution >= 4 is 0 Å². The van der Waals surface area contributed by atoms with Gasteiger partial charge in [-0.3, -0.25) is 0 Å². The van der Waals surface area contributed by atoms with Crippen LogP contribution in [0.5, 0.6) is 0 Å². The highest BCUT2D eigenvalue weighted by Crippen LogP contribution is 2.19. The monoisotopic (exact) mass is 281 g/mol. The fourth-order valence-corrected chi connectivity index (χ4v) is 2.90. The Balaban J connectivity index is 2.05. The van der Waals surface area contributed by atoms with Crippen LogP contribution in [0.1, 0.15) is 53.3 Å². The van der Waals surface area contributed by atoms with E-state index in [9.17, 15) is 0 Å². The van der Waals surface area contributed by atoms with E-state index < -0.39 is 0 Å². The van der Waals surface area contributed by atoms with E-state index in [0.29, 0.717) is 6.04 Å². The topological polar surface area (TPSA) is 12.0 Å². The van der Waals surface area contributed by atoms with Gasteiger partial charge in [0.25, 0.3) is 0 Å². The first kappa shape index (κ1) is 15.8. The molecule has 112 valence electrons. The van der Waals surface area contributed by atoms with Gasteiger partial charge in [-0.05, 0) is 61.9 Å². The highest BCUT2D eigenvalue weighted by Gasteiger charge is 2.08. The van der Waals surface area contributed by atoms with E-state index in [2.05, 4.69) is 76.3 Å². The first-order valence-corrected chi connectivity index (χ1v) is 7.90. The van der Waals surface area contributed by atoms with Gasteiger partial charge in [0, 0.05) is 12.6 Å². The fraction of sp³-hybridized carbons (Fsp3) is 0.400. The minimum absolute atomic E-state index is 0.371. The molecule has 0 aliphatic heterocycles. The van der Waals surface area contributed by atoms with Gasteiger partial charge in [-0.2, -0.15) is 0 Å². The lowest BCUT2D eigenvalue weighted by Gasteiger charge is -2.18. The molecule has 1 N–H and O–H groups in total. The molecule has 2 aromatic carbocycles. The number of aryl methyl sites for hydroxylation is 4. The second-order valence-electron chi connectivity index (χ2n) is 6.07. The molecule has 1 heteroatoms. The van der Waals surface area contributed by atoms with Crippen molar-refractivity contribution in [2.75, 3.05) is 0 Å². The molecule has 21 heavy (non-hydrogen) atoms. The van der Waals surface area contributed by atoms with E-state index in [0.717, 1.165) is 13.0 Å². The van der Waals surface area contributed by atoms with Gasteiger partial charge in [0.2, 0.25) is 0 Å². The summed E-state index contributed by atoms with van der Waals surface area (Å²) in [7, 11) is 0. The Morgan fingerprint density at radius 2 is 1.52 bits per heavy atom. The standard InChI is InChI=1S/C20H27N/c1-6-18-7-9-19(10-8-18)17(5)21-13-20-15(3)11-14(2)12-16(20)4/h7-12,17,21H,6,13H2,1-5H3. The first-order chi connectivity index (χ1) is 10.0. The normalized spacial score (nSPS) is 12.4. The van der Waals surface area contributed by atoms with E-state index in [1.54, 1.807) is 0 Å². The molecule has 0 heterocycles. The van der Waals surface area contributed by atoms with Crippen LogP contribution in [0, 0.1) is 20.8 Å². The van der Waals surface area contributed by atoms with Gasteiger partial charge < -0.3 is 5.32 Å². The summed E-state index contributed by atoms with van der Waals surface area (Å²) < 4.78 is 0. The van der Waals surface area contributed by atoms with Crippen molar-refractivity contribution in [1.29, 1.82) is 0 Å². The van der Waals surface area contributed by atoms with Crippen molar-refractivity contribution < 1.29 is 0 Å². The van der Waals surface area contributed by atoms with Crippen LogP contribution >= 0.6 is 0 Å². The van der Waals surface area contributed by atoms with Gasteiger partial charge in [0.05, 0.1) is 0 Å². The van der Waals surface area contributed by atoms with Crippen molar-refractivity contribution in [3.05, 3.63) is 69.8 Å². The molecule has 1 nitrogen and oxygen atoms in total. The molecule has 0 aromatic heterocycles. The summed E-state index contributed by atoms with van der Waals surface area (Å²) in [6, 6.07) is 13.9.